The second-order valence-corrected chi connectivity index (χ2v) is 5.40. The highest BCUT2D eigenvalue weighted by Gasteiger charge is 2.07. The molecule has 0 radical (unpaired) electrons. The van der Waals surface area contributed by atoms with Gasteiger partial charge in [-0.05, 0) is 25.5 Å². The Labute approximate surface area is 124 Å². The van der Waals surface area contributed by atoms with Gasteiger partial charge in [0.05, 0.1) is 0 Å². The highest BCUT2D eigenvalue weighted by atomic mass is 32.2. The predicted molar refractivity (Wildman–Crippen MR) is 82.2 cm³/mol. The summed E-state index contributed by atoms with van der Waals surface area (Å²) in [6.45, 7) is 5.40. The Morgan fingerprint density at radius 3 is 2.75 bits per heavy atom. The zero-order chi connectivity index (χ0) is 14.4. The number of aryl methyl sites for hydroxylation is 1. The van der Waals surface area contributed by atoms with Gasteiger partial charge in [-0.25, -0.2) is 9.97 Å². The van der Waals surface area contributed by atoms with Crippen LogP contribution in [0.3, 0.4) is 0 Å². The van der Waals surface area contributed by atoms with Crippen LogP contribution in [0.25, 0.3) is 0 Å². The molecule has 0 aliphatic carbocycles. The van der Waals surface area contributed by atoms with E-state index in [4.69, 9.17) is 4.74 Å². The van der Waals surface area contributed by atoms with E-state index in [-0.39, 0.29) is 0 Å². The van der Waals surface area contributed by atoms with E-state index in [0.29, 0.717) is 12.4 Å². The van der Waals surface area contributed by atoms with E-state index < -0.39 is 0 Å². The highest BCUT2D eigenvalue weighted by Crippen LogP contribution is 2.29. The smallest absolute Gasteiger partial charge is 0.157 e. The lowest BCUT2D eigenvalue weighted by Crippen LogP contribution is -2.05. The number of hydrogen-bond acceptors (Lipinski definition) is 5. The van der Waals surface area contributed by atoms with Crippen LogP contribution in [0, 0.1) is 6.92 Å². The van der Waals surface area contributed by atoms with Gasteiger partial charge in [-0.1, -0.05) is 30.0 Å². The Morgan fingerprint density at radius 1 is 1.25 bits per heavy atom. The van der Waals surface area contributed by atoms with E-state index in [0.717, 1.165) is 17.4 Å². The van der Waals surface area contributed by atoms with Gasteiger partial charge in [-0.3, -0.25) is 0 Å². The molecule has 0 fully saturated rings. The number of methoxy groups -OCH3 is 1. The third kappa shape index (κ3) is 3.95. The summed E-state index contributed by atoms with van der Waals surface area (Å²) in [5, 5.41) is 4.16. The first-order valence-electron chi connectivity index (χ1n) is 6.57. The third-order valence-corrected chi connectivity index (χ3v) is 3.78. The normalized spacial score (nSPS) is 10.6. The van der Waals surface area contributed by atoms with Crippen LogP contribution in [-0.2, 0) is 11.3 Å². The van der Waals surface area contributed by atoms with Gasteiger partial charge in [-0.2, -0.15) is 0 Å². The molecule has 0 aliphatic heterocycles. The molecule has 0 amide bonds. The van der Waals surface area contributed by atoms with Crippen LogP contribution in [-0.4, -0.2) is 23.6 Å². The Hall–Kier alpha value is -1.59. The van der Waals surface area contributed by atoms with Crippen LogP contribution in [0.5, 0.6) is 0 Å². The molecule has 2 aromatic rings. The minimum absolute atomic E-state index is 0.417. The molecule has 1 heterocycles. The summed E-state index contributed by atoms with van der Waals surface area (Å²) in [4.78, 5) is 10.2. The lowest BCUT2D eigenvalue weighted by Gasteiger charge is -2.09. The van der Waals surface area contributed by atoms with Crippen molar-refractivity contribution in [1.29, 1.82) is 0 Å². The average molecular weight is 289 g/mol. The van der Waals surface area contributed by atoms with E-state index in [1.165, 1.54) is 10.5 Å². The second kappa shape index (κ2) is 7.26. The molecule has 106 valence electrons. The van der Waals surface area contributed by atoms with E-state index >= 15 is 0 Å². The molecule has 0 saturated carbocycles. The molecule has 0 saturated heterocycles. The van der Waals surface area contributed by atoms with Gasteiger partial charge >= 0.3 is 0 Å². The van der Waals surface area contributed by atoms with Crippen LogP contribution < -0.4 is 5.32 Å². The van der Waals surface area contributed by atoms with Gasteiger partial charge in [0.15, 0.2) is 5.82 Å². The van der Waals surface area contributed by atoms with Crippen molar-refractivity contribution in [1.82, 2.24) is 9.97 Å². The SMILES string of the molecule is CCNc1cc(Sc2ccccc2C)nc(COC)n1. The molecule has 0 aliphatic rings. The van der Waals surface area contributed by atoms with Gasteiger partial charge < -0.3 is 10.1 Å². The topological polar surface area (TPSA) is 47.0 Å². The van der Waals surface area contributed by atoms with Crippen molar-refractivity contribution in [3.05, 3.63) is 41.7 Å². The quantitative estimate of drug-likeness (QED) is 0.825. The standard InChI is InChI=1S/C15H19N3OS/c1-4-16-13-9-15(18-14(17-13)10-19-3)20-12-8-6-5-7-11(12)2/h5-9H,4,10H2,1-3H3,(H,16,17,18). The first-order chi connectivity index (χ1) is 9.72. The van der Waals surface area contributed by atoms with Gasteiger partial charge in [0.25, 0.3) is 0 Å². The molecule has 0 atom stereocenters. The minimum atomic E-state index is 0.417. The number of hydrogen-bond donors (Lipinski definition) is 1. The van der Waals surface area contributed by atoms with E-state index in [2.05, 4.69) is 34.3 Å². The number of ether oxygens (including phenoxy) is 1. The second-order valence-electron chi connectivity index (χ2n) is 4.34. The number of aromatic nitrogens is 2. The molecule has 0 unspecified atom stereocenters. The zero-order valence-electron chi connectivity index (χ0n) is 12.0. The summed E-state index contributed by atoms with van der Waals surface area (Å²) in [7, 11) is 1.65. The monoisotopic (exact) mass is 289 g/mol. The number of nitrogens with zero attached hydrogens (tertiary/aromatic N) is 2. The zero-order valence-corrected chi connectivity index (χ0v) is 12.8. The van der Waals surface area contributed by atoms with Gasteiger partial charge in [0, 0.05) is 24.6 Å². The predicted octanol–water partition coefficient (Wildman–Crippen LogP) is 3.51. The third-order valence-electron chi connectivity index (χ3n) is 2.69. The fourth-order valence-corrected chi connectivity index (χ4v) is 2.70. The van der Waals surface area contributed by atoms with Gasteiger partial charge in [0.1, 0.15) is 17.5 Å². The molecule has 1 aromatic heterocycles. The summed E-state index contributed by atoms with van der Waals surface area (Å²) in [6.07, 6.45) is 0. The summed E-state index contributed by atoms with van der Waals surface area (Å²) in [5.41, 5.74) is 1.24. The lowest BCUT2D eigenvalue weighted by molar-refractivity contribution is 0.177. The molecule has 0 bridgehead atoms. The van der Waals surface area contributed by atoms with E-state index in [1.807, 2.05) is 25.1 Å². The van der Waals surface area contributed by atoms with Crippen molar-refractivity contribution in [3.8, 4) is 0 Å². The number of anilines is 1. The van der Waals surface area contributed by atoms with Crippen molar-refractivity contribution >= 4 is 17.6 Å². The fraction of sp³-hybridized carbons (Fsp3) is 0.333. The summed E-state index contributed by atoms with van der Waals surface area (Å²) < 4.78 is 5.13. The summed E-state index contributed by atoms with van der Waals surface area (Å²) >= 11 is 1.65. The number of nitrogens with one attached hydrogen (secondary N) is 1. The molecule has 20 heavy (non-hydrogen) atoms. The van der Waals surface area contributed by atoms with Crippen LogP contribution in [0.1, 0.15) is 18.3 Å². The Morgan fingerprint density at radius 2 is 2.05 bits per heavy atom. The molecule has 5 heteroatoms. The molecule has 2 rings (SSSR count). The van der Waals surface area contributed by atoms with Crippen molar-refractivity contribution in [2.24, 2.45) is 0 Å². The van der Waals surface area contributed by atoms with Crippen LogP contribution in [0.4, 0.5) is 5.82 Å². The van der Waals surface area contributed by atoms with Crippen LogP contribution in [0.15, 0.2) is 40.3 Å². The number of benzene rings is 1. The van der Waals surface area contributed by atoms with Gasteiger partial charge in [0.2, 0.25) is 0 Å². The first-order valence-corrected chi connectivity index (χ1v) is 7.39. The number of rotatable bonds is 6. The van der Waals surface area contributed by atoms with E-state index in [1.54, 1.807) is 18.9 Å². The van der Waals surface area contributed by atoms with Crippen molar-refractivity contribution in [2.75, 3.05) is 19.0 Å². The molecule has 0 spiro atoms. The van der Waals surface area contributed by atoms with Gasteiger partial charge in [-0.15, -0.1) is 0 Å². The van der Waals surface area contributed by atoms with Crippen LogP contribution in [0.2, 0.25) is 0 Å². The maximum atomic E-state index is 5.13. The molecule has 1 aromatic carbocycles. The van der Waals surface area contributed by atoms with E-state index in [9.17, 15) is 0 Å². The van der Waals surface area contributed by atoms with Crippen LogP contribution >= 0.6 is 11.8 Å². The summed E-state index contributed by atoms with van der Waals surface area (Å²) in [5.74, 6) is 1.53. The maximum Gasteiger partial charge on any atom is 0.157 e. The average Bonchev–Trinajstić information content (AvgIpc) is 2.42. The fourth-order valence-electron chi connectivity index (χ4n) is 1.77. The van der Waals surface area contributed by atoms with Crippen molar-refractivity contribution < 1.29 is 4.74 Å². The largest absolute Gasteiger partial charge is 0.377 e. The summed E-state index contributed by atoms with van der Waals surface area (Å²) in [6, 6.07) is 10.3. The molecule has 1 N–H and O–H groups in total. The maximum absolute atomic E-state index is 5.13. The molecular weight excluding hydrogens is 270 g/mol. The first kappa shape index (κ1) is 14.8. The lowest BCUT2D eigenvalue weighted by atomic mass is 10.2. The highest BCUT2D eigenvalue weighted by molar-refractivity contribution is 7.99. The Kier molecular flexibility index (Phi) is 5.38. The Bertz CT molecular complexity index is 551. The van der Waals surface area contributed by atoms with Crippen molar-refractivity contribution in [2.45, 2.75) is 30.4 Å². The molecule has 4 nitrogen and oxygen atoms in total. The Balaban J connectivity index is 2.28. The minimum Gasteiger partial charge on any atom is -0.377 e. The molecular formula is C15H19N3OS. The van der Waals surface area contributed by atoms with Crippen molar-refractivity contribution in [3.63, 3.8) is 0 Å².